The molecule has 2 aliphatic heterocycles. The van der Waals surface area contributed by atoms with Crippen LogP contribution >= 0.6 is 0 Å². The summed E-state index contributed by atoms with van der Waals surface area (Å²) in [5.41, 5.74) is 1.25. The summed E-state index contributed by atoms with van der Waals surface area (Å²) >= 11 is 0. The average Bonchev–Trinajstić information content (AvgIpc) is 3.02. The normalized spacial score (nSPS) is 25.9. The molecule has 6 atom stereocenters. The zero-order chi connectivity index (χ0) is 28.7. The van der Waals surface area contributed by atoms with Gasteiger partial charge in [0.25, 0.3) is 0 Å². The van der Waals surface area contributed by atoms with Gasteiger partial charge in [0.15, 0.2) is 18.7 Å². The Morgan fingerprint density at radius 2 is 1.39 bits per heavy atom. The predicted octanol–water partition coefficient (Wildman–Crippen LogP) is 7.13. The molecule has 1 unspecified atom stereocenters. The van der Waals surface area contributed by atoms with Gasteiger partial charge in [-0.2, -0.15) is 0 Å². The molecule has 0 spiro atoms. The van der Waals surface area contributed by atoms with Gasteiger partial charge >= 0.3 is 5.97 Å². The summed E-state index contributed by atoms with van der Waals surface area (Å²) < 4.78 is 30.1. The number of unbranched alkanes of at least 4 members (excludes halogenated alkanes) is 11. The fraction of sp³-hybridized carbons (Fsp3) is 0.618. The zero-order valence-corrected chi connectivity index (χ0v) is 24.5. The van der Waals surface area contributed by atoms with Gasteiger partial charge in [0.2, 0.25) is 0 Å². The van der Waals surface area contributed by atoms with Crippen molar-refractivity contribution in [1.82, 2.24) is 0 Å². The van der Waals surface area contributed by atoms with Crippen molar-refractivity contribution in [3.8, 4) is 0 Å². The lowest BCUT2D eigenvalue weighted by molar-refractivity contribution is -0.360. The average molecular weight is 569 g/mol. The maximum absolute atomic E-state index is 12.9. The third kappa shape index (κ3) is 9.90. The molecule has 1 N–H and O–H groups in total. The van der Waals surface area contributed by atoms with Crippen LogP contribution < -0.4 is 0 Å². The van der Waals surface area contributed by atoms with Crippen LogP contribution in [0, 0.1) is 0 Å². The van der Waals surface area contributed by atoms with Crippen LogP contribution in [0.3, 0.4) is 0 Å². The van der Waals surface area contributed by atoms with Gasteiger partial charge in [-0.25, -0.2) is 4.79 Å². The number of fused-ring (bicyclic) bond motifs is 1. The number of esters is 1. The molecule has 41 heavy (non-hydrogen) atoms. The van der Waals surface area contributed by atoms with E-state index in [0.29, 0.717) is 12.2 Å². The third-order valence-corrected chi connectivity index (χ3v) is 7.91. The van der Waals surface area contributed by atoms with Crippen LogP contribution in [0.25, 0.3) is 0 Å². The highest BCUT2D eigenvalue weighted by atomic mass is 16.8. The van der Waals surface area contributed by atoms with Crippen molar-refractivity contribution in [3.05, 3.63) is 71.8 Å². The fourth-order valence-corrected chi connectivity index (χ4v) is 5.51. The first kappa shape index (κ1) is 31.6. The number of rotatable bonds is 17. The first-order valence-electron chi connectivity index (χ1n) is 15.7. The zero-order valence-electron chi connectivity index (χ0n) is 24.5. The van der Waals surface area contributed by atoms with E-state index in [9.17, 15) is 9.90 Å². The van der Waals surface area contributed by atoms with E-state index in [4.69, 9.17) is 23.7 Å². The minimum absolute atomic E-state index is 0.235. The van der Waals surface area contributed by atoms with Crippen molar-refractivity contribution in [2.75, 3.05) is 13.2 Å². The second kappa shape index (κ2) is 17.6. The summed E-state index contributed by atoms with van der Waals surface area (Å²) in [6.45, 7) is 2.95. The molecule has 2 fully saturated rings. The van der Waals surface area contributed by atoms with E-state index in [2.05, 4.69) is 6.92 Å². The van der Waals surface area contributed by atoms with Gasteiger partial charge in [0, 0.05) is 12.2 Å². The van der Waals surface area contributed by atoms with E-state index in [1.807, 2.05) is 36.4 Å². The summed E-state index contributed by atoms with van der Waals surface area (Å²) in [6.07, 6.45) is 10.1. The Labute approximate surface area is 245 Å². The number of carbonyl (C=O) groups is 1. The standard InChI is InChI=1S/C34H48O7/c1-2-3-4-5-6-7-8-9-10-11-12-19-24-37-34-31(40-32(36)26-20-15-13-16-21-26)29(35)30-28(39-34)25-38-33(41-30)27-22-17-14-18-23-27/h13-18,20-23,28-31,33-35H,2-12,19,24-25H2,1H3/t28-,29+,30+,31-,33?,34-/m1/s1. The predicted molar refractivity (Wildman–Crippen MR) is 157 cm³/mol. The smallest absolute Gasteiger partial charge is 0.338 e. The highest BCUT2D eigenvalue weighted by Crippen LogP contribution is 2.35. The summed E-state index contributed by atoms with van der Waals surface area (Å²) in [4.78, 5) is 12.9. The Kier molecular flexibility index (Phi) is 13.6. The van der Waals surface area contributed by atoms with E-state index in [1.54, 1.807) is 24.3 Å². The lowest BCUT2D eigenvalue weighted by Crippen LogP contribution is -2.63. The van der Waals surface area contributed by atoms with Crippen LogP contribution in [0.15, 0.2) is 60.7 Å². The SMILES string of the molecule is CCCCCCCCCCCCCCO[C@@H]1O[C@@H]2COC(c3ccccc3)O[C@@H]2[C@H](O)[C@H]1OC(=O)c1ccccc1. The number of hydrogen-bond acceptors (Lipinski definition) is 7. The van der Waals surface area contributed by atoms with Gasteiger partial charge in [-0.3, -0.25) is 0 Å². The Hall–Kier alpha value is -2.29. The lowest BCUT2D eigenvalue weighted by atomic mass is 9.97. The highest BCUT2D eigenvalue weighted by molar-refractivity contribution is 5.89. The molecule has 4 rings (SSSR count). The van der Waals surface area contributed by atoms with Crippen molar-refractivity contribution >= 4 is 5.97 Å². The molecule has 7 heteroatoms. The van der Waals surface area contributed by atoms with Crippen molar-refractivity contribution in [2.24, 2.45) is 0 Å². The Balaban J connectivity index is 1.25. The van der Waals surface area contributed by atoms with E-state index >= 15 is 0 Å². The van der Waals surface area contributed by atoms with E-state index < -0.39 is 43.0 Å². The molecular weight excluding hydrogens is 520 g/mol. The van der Waals surface area contributed by atoms with Crippen molar-refractivity contribution in [1.29, 1.82) is 0 Å². The van der Waals surface area contributed by atoms with Gasteiger partial charge in [-0.1, -0.05) is 126 Å². The van der Waals surface area contributed by atoms with Gasteiger partial charge in [0.1, 0.15) is 18.3 Å². The number of carbonyl (C=O) groups excluding carboxylic acids is 1. The van der Waals surface area contributed by atoms with Crippen LogP contribution in [0.1, 0.15) is 106 Å². The second-order valence-electron chi connectivity index (χ2n) is 11.2. The third-order valence-electron chi connectivity index (χ3n) is 7.91. The van der Waals surface area contributed by atoms with Crippen LogP contribution in [0.4, 0.5) is 0 Å². The minimum Gasteiger partial charge on any atom is -0.450 e. The molecule has 2 aromatic rings. The first-order valence-corrected chi connectivity index (χ1v) is 15.7. The number of ether oxygens (including phenoxy) is 5. The van der Waals surface area contributed by atoms with E-state index in [0.717, 1.165) is 18.4 Å². The summed E-state index contributed by atoms with van der Waals surface area (Å²) in [5.74, 6) is -0.540. The quantitative estimate of drug-likeness (QED) is 0.161. The summed E-state index contributed by atoms with van der Waals surface area (Å²) in [7, 11) is 0. The molecule has 7 nitrogen and oxygen atoms in total. The van der Waals surface area contributed by atoms with Crippen molar-refractivity contribution in [2.45, 2.75) is 121 Å². The van der Waals surface area contributed by atoms with Crippen LogP contribution in [-0.4, -0.2) is 55.0 Å². The highest BCUT2D eigenvalue weighted by Gasteiger charge is 2.51. The molecule has 2 heterocycles. The molecule has 2 aliphatic rings. The maximum atomic E-state index is 12.9. The molecule has 226 valence electrons. The Morgan fingerprint density at radius 3 is 2.02 bits per heavy atom. The first-order chi connectivity index (χ1) is 20.2. The summed E-state index contributed by atoms with van der Waals surface area (Å²) in [6, 6.07) is 18.3. The molecule has 0 amide bonds. The molecule has 0 aliphatic carbocycles. The molecular formula is C34H48O7. The number of hydrogen-bond donors (Lipinski definition) is 1. The molecule has 0 bridgehead atoms. The van der Waals surface area contributed by atoms with Gasteiger partial charge in [-0.15, -0.1) is 0 Å². The largest absolute Gasteiger partial charge is 0.450 e. The summed E-state index contributed by atoms with van der Waals surface area (Å²) in [5, 5.41) is 11.4. The van der Waals surface area contributed by atoms with E-state index in [-0.39, 0.29) is 6.61 Å². The van der Waals surface area contributed by atoms with Gasteiger partial charge in [-0.05, 0) is 18.6 Å². The number of aliphatic hydroxyl groups is 1. The molecule has 0 saturated carbocycles. The lowest BCUT2D eigenvalue weighted by Gasteiger charge is -2.47. The van der Waals surface area contributed by atoms with Crippen LogP contribution in [-0.2, 0) is 23.7 Å². The molecule has 0 aromatic heterocycles. The van der Waals surface area contributed by atoms with Gasteiger partial charge < -0.3 is 28.8 Å². The maximum Gasteiger partial charge on any atom is 0.338 e. The molecule has 2 aromatic carbocycles. The minimum atomic E-state index is -1.14. The molecule has 2 saturated heterocycles. The number of benzene rings is 2. The van der Waals surface area contributed by atoms with Crippen molar-refractivity contribution in [3.63, 3.8) is 0 Å². The van der Waals surface area contributed by atoms with Crippen LogP contribution in [0.5, 0.6) is 0 Å². The van der Waals surface area contributed by atoms with Crippen molar-refractivity contribution < 1.29 is 33.6 Å². The fourth-order valence-electron chi connectivity index (χ4n) is 5.51. The van der Waals surface area contributed by atoms with Gasteiger partial charge in [0.05, 0.1) is 12.2 Å². The van der Waals surface area contributed by atoms with E-state index in [1.165, 1.54) is 64.2 Å². The van der Waals surface area contributed by atoms with Crippen LogP contribution in [0.2, 0.25) is 0 Å². The number of aliphatic hydroxyl groups excluding tert-OH is 1. The Bertz CT molecular complexity index is 985. The Morgan fingerprint density at radius 1 is 0.805 bits per heavy atom. The molecule has 0 radical (unpaired) electrons. The topological polar surface area (TPSA) is 83.5 Å². The monoisotopic (exact) mass is 568 g/mol. The second-order valence-corrected chi connectivity index (χ2v) is 11.2.